The summed E-state index contributed by atoms with van der Waals surface area (Å²) in [5.74, 6) is 0.0877. The Morgan fingerprint density at radius 2 is 2.14 bits per heavy atom. The Morgan fingerprint density at radius 3 is 2.64 bits per heavy atom. The molecule has 0 atom stereocenters. The SMILES string of the molecule is CC(=O)c1ccc(N2C=NNC2)cc1. The minimum atomic E-state index is 0.0877. The van der Waals surface area contributed by atoms with E-state index in [9.17, 15) is 4.79 Å². The second-order valence-electron chi connectivity index (χ2n) is 3.13. The number of hydrazone groups is 1. The number of carbonyl (C=O) groups excluding carboxylic acids is 1. The van der Waals surface area contributed by atoms with E-state index in [1.54, 1.807) is 13.3 Å². The molecule has 72 valence electrons. The standard InChI is InChI=1S/C10H11N3O/c1-8(14)9-2-4-10(5-3-9)13-6-11-12-7-13/h2-6,12H,7H2,1H3. The average Bonchev–Trinajstić information content (AvgIpc) is 2.71. The van der Waals surface area contributed by atoms with Crippen molar-refractivity contribution in [3.05, 3.63) is 29.8 Å². The third-order valence-corrected chi connectivity index (χ3v) is 2.13. The van der Waals surface area contributed by atoms with Crippen LogP contribution in [0.25, 0.3) is 0 Å². The zero-order chi connectivity index (χ0) is 9.97. The van der Waals surface area contributed by atoms with Crippen molar-refractivity contribution in [1.29, 1.82) is 0 Å². The van der Waals surface area contributed by atoms with Gasteiger partial charge in [0.05, 0.1) is 0 Å². The van der Waals surface area contributed by atoms with Crippen LogP contribution in [-0.2, 0) is 0 Å². The van der Waals surface area contributed by atoms with Gasteiger partial charge in [0.25, 0.3) is 0 Å². The zero-order valence-corrected chi connectivity index (χ0v) is 7.90. The molecule has 4 heteroatoms. The molecule has 0 fully saturated rings. The van der Waals surface area contributed by atoms with Crippen molar-refractivity contribution in [3.8, 4) is 0 Å². The topological polar surface area (TPSA) is 44.7 Å². The third kappa shape index (κ3) is 1.59. The van der Waals surface area contributed by atoms with Crippen molar-refractivity contribution in [2.45, 2.75) is 6.92 Å². The maximum Gasteiger partial charge on any atom is 0.159 e. The molecule has 0 unspecified atom stereocenters. The Labute approximate surface area is 82.2 Å². The molecule has 1 aliphatic rings. The molecule has 0 saturated carbocycles. The molecule has 1 N–H and O–H groups in total. The molecule has 2 rings (SSSR count). The van der Waals surface area contributed by atoms with Crippen molar-refractivity contribution in [1.82, 2.24) is 5.43 Å². The van der Waals surface area contributed by atoms with Gasteiger partial charge in [0, 0.05) is 11.3 Å². The van der Waals surface area contributed by atoms with Crippen LogP contribution in [0, 0.1) is 0 Å². The lowest BCUT2D eigenvalue weighted by atomic mass is 10.1. The highest BCUT2D eigenvalue weighted by Crippen LogP contribution is 2.14. The molecular formula is C10H11N3O. The van der Waals surface area contributed by atoms with Gasteiger partial charge in [0.1, 0.15) is 13.0 Å². The number of nitrogens with zero attached hydrogens (tertiary/aromatic N) is 2. The summed E-state index contributed by atoms with van der Waals surface area (Å²) in [5.41, 5.74) is 4.60. The smallest absolute Gasteiger partial charge is 0.159 e. The van der Waals surface area contributed by atoms with Gasteiger partial charge in [-0.2, -0.15) is 5.10 Å². The van der Waals surface area contributed by atoms with Crippen molar-refractivity contribution in [2.24, 2.45) is 5.10 Å². The lowest BCUT2D eigenvalue weighted by Gasteiger charge is -2.12. The van der Waals surface area contributed by atoms with E-state index in [1.807, 2.05) is 29.2 Å². The second kappa shape index (κ2) is 3.49. The maximum atomic E-state index is 11.0. The molecule has 4 nitrogen and oxygen atoms in total. The van der Waals surface area contributed by atoms with Crippen molar-refractivity contribution in [3.63, 3.8) is 0 Å². The van der Waals surface area contributed by atoms with Crippen LogP contribution in [0.4, 0.5) is 5.69 Å². The van der Waals surface area contributed by atoms with Gasteiger partial charge in [-0.15, -0.1) is 0 Å². The number of anilines is 1. The largest absolute Gasteiger partial charge is 0.311 e. The van der Waals surface area contributed by atoms with Crippen LogP contribution in [0.1, 0.15) is 17.3 Å². The van der Waals surface area contributed by atoms with Crippen molar-refractivity contribution < 1.29 is 4.79 Å². The second-order valence-corrected chi connectivity index (χ2v) is 3.13. The lowest BCUT2D eigenvalue weighted by molar-refractivity contribution is 0.101. The van der Waals surface area contributed by atoms with Crippen LogP contribution >= 0.6 is 0 Å². The predicted octanol–water partition coefficient (Wildman–Crippen LogP) is 1.20. The molecule has 0 aromatic heterocycles. The van der Waals surface area contributed by atoms with Gasteiger partial charge in [-0.05, 0) is 31.2 Å². The Morgan fingerprint density at radius 1 is 1.43 bits per heavy atom. The summed E-state index contributed by atoms with van der Waals surface area (Å²) in [5, 5.41) is 3.88. The highest BCUT2D eigenvalue weighted by atomic mass is 16.1. The zero-order valence-electron chi connectivity index (χ0n) is 7.90. The summed E-state index contributed by atoms with van der Waals surface area (Å²) in [6, 6.07) is 7.47. The first-order chi connectivity index (χ1) is 6.77. The van der Waals surface area contributed by atoms with Crippen LogP contribution in [0.2, 0.25) is 0 Å². The summed E-state index contributed by atoms with van der Waals surface area (Å²) in [7, 11) is 0. The van der Waals surface area contributed by atoms with E-state index < -0.39 is 0 Å². The van der Waals surface area contributed by atoms with E-state index >= 15 is 0 Å². The fourth-order valence-corrected chi connectivity index (χ4v) is 1.31. The number of carbonyl (C=O) groups is 1. The number of rotatable bonds is 2. The Hall–Kier alpha value is -1.84. The number of hydrogen-bond acceptors (Lipinski definition) is 4. The number of nitrogens with one attached hydrogen (secondary N) is 1. The number of hydrogen-bond donors (Lipinski definition) is 1. The van der Waals surface area contributed by atoms with E-state index in [-0.39, 0.29) is 5.78 Å². The molecule has 1 aromatic carbocycles. The normalized spacial score (nSPS) is 14.2. The Bertz CT molecular complexity index is 369. The van der Waals surface area contributed by atoms with E-state index in [0.29, 0.717) is 6.67 Å². The first kappa shape index (κ1) is 8.74. The summed E-state index contributed by atoms with van der Waals surface area (Å²) in [4.78, 5) is 13.0. The van der Waals surface area contributed by atoms with Gasteiger partial charge in [-0.3, -0.25) is 10.2 Å². The van der Waals surface area contributed by atoms with Crippen LogP contribution in [-0.4, -0.2) is 18.8 Å². The minimum Gasteiger partial charge on any atom is -0.311 e. The first-order valence-electron chi connectivity index (χ1n) is 4.41. The van der Waals surface area contributed by atoms with Crippen LogP contribution in [0.5, 0.6) is 0 Å². The van der Waals surface area contributed by atoms with E-state index in [2.05, 4.69) is 10.5 Å². The molecule has 14 heavy (non-hydrogen) atoms. The molecule has 0 amide bonds. The van der Waals surface area contributed by atoms with Crippen LogP contribution in [0.15, 0.2) is 29.4 Å². The van der Waals surface area contributed by atoms with Gasteiger partial charge < -0.3 is 4.90 Å². The molecule has 1 aromatic rings. The number of ketones is 1. The van der Waals surface area contributed by atoms with Crippen molar-refractivity contribution >= 4 is 17.8 Å². The maximum absolute atomic E-state index is 11.0. The first-order valence-corrected chi connectivity index (χ1v) is 4.41. The molecular weight excluding hydrogens is 178 g/mol. The van der Waals surface area contributed by atoms with E-state index in [1.165, 1.54) is 0 Å². The minimum absolute atomic E-state index is 0.0877. The van der Waals surface area contributed by atoms with Gasteiger partial charge in [-0.25, -0.2) is 0 Å². The summed E-state index contributed by atoms with van der Waals surface area (Å²) in [6.45, 7) is 2.24. The van der Waals surface area contributed by atoms with Gasteiger partial charge >= 0.3 is 0 Å². The highest BCUT2D eigenvalue weighted by molar-refractivity contribution is 5.94. The number of Topliss-reactive ketones (excluding diaryl/α,β-unsaturated/α-hetero) is 1. The van der Waals surface area contributed by atoms with Crippen LogP contribution in [0.3, 0.4) is 0 Å². The lowest BCUT2D eigenvalue weighted by Crippen LogP contribution is -2.22. The highest BCUT2D eigenvalue weighted by Gasteiger charge is 2.07. The Balaban J connectivity index is 2.21. The molecule has 0 bridgehead atoms. The number of benzene rings is 1. The Kier molecular flexibility index (Phi) is 2.18. The fraction of sp³-hybridized carbons (Fsp3) is 0.200. The van der Waals surface area contributed by atoms with Crippen molar-refractivity contribution in [2.75, 3.05) is 11.6 Å². The monoisotopic (exact) mass is 189 g/mol. The van der Waals surface area contributed by atoms with E-state index in [4.69, 9.17) is 0 Å². The summed E-state index contributed by atoms with van der Waals surface area (Å²) >= 11 is 0. The molecule has 0 radical (unpaired) electrons. The quantitative estimate of drug-likeness (QED) is 0.711. The van der Waals surface area contributed by atoms with Crippen LogP contribution < -0.4 is 10.3 Å². The predicted molar refractivity (Wildman–Crippen MR) is 55.4 cm³/mol. The average molecular weight is 189 g/mol. The third-order valence-electron chi connectivity index (χ3n) is 2.13. The molecule has 1 heterocycles. The molecule has 0 saturated heterocycles. The molecule has 0 spiro atoms. The molecule has 0 aliphatic carbocycles. The molecule has 1 aliphatic heterocycles. The van der Waals surface area contributed by atoms with Gasteiger partial charge in [0.15, 0.2) is 5.78 Å². The fourth-order valence-electron chi connectivity index (χ4n) is 1.31. The summed E-state index contributed by atoms with van der Waals surface area (Å²) in [6.07, 6.45) is 1.72. The van der Waals surface area contributed by atoms with Gasteiger partial charge in [0.2, 0.25) is 0 Å². The summed E-state index contributed by atoms with van der Waals surface area (Å²) < 4.78 is 0. The van der Waals surface area contributed by atoms with E-state index in [0.717, 1.165) is 11.3 Å². The van der Waals surface area contributed by atoms with Gasteiger partial charge in [-0.1, -0.05) is 0 Å².